The fourth-order valence-corrected chi connectivity index (χ4v) is 5.46. The van der Waals surface area contributed by atoms with E-state index in [0.29, 0.717) is 41.2 Å². The SMILES string of the molecule is Nc1c(-c2cccs2)cc(-c2cc3cc(C(=O)N4CCNCC4)ccc3[nH]2)c2c1C(=O)NC2=O. The van der Waals surface area contributed by atoms with Crippen LogP contribution >= 0.6 is 11.3 Å². The third kappa shape index (κ3) is 3.20. The standard InChI is InChI=1S/C25H21N5O3S/c26-22-16(19-2-1-9-34-19)12-15(20-21(22)24(32)29-23(20)31)18-11-14-10-13(3-4-17(14)28-18)25(33)30-7-5-27-6-8-30/h1-4,9-12,27-28H,5-8,26H2,(H,29,31,32). The zero-order valence-corrected chi connectivity index (χ0v) is 18.9. The number of hydrogen-bond acceptors (Lipinski definition) is 6. The zero-order valence-electron chi connectivity index (χ0n) is 18.1. The molecule has 4 heterocycles. The summed E-state index contributed by atoms with van der Waals surface area (Å²) in [5.41, 5.74) is 10.6. The number of nitrogens with zero attached hydrogens (tertiary/aromatic N) is 1. The number of benzene rings is 2. The second-order valence-corrected chi connectivity index (χ2v) is 9.37. The lowest BCUT2D eigenvalue weighted by molar-refractivity contribution is 0.0735. The van der Waals surface area contributed by atoms with Crippen molar-refractivity contribution in [3.63, 3.8) is 0 Å². The Bertz CT molecular complexity index is 1480. The van der Waals surface area contributed by atoms with Gasteiger partial charge in [-0.3, -0.25) is 19.7 Å². The molecule has 0 bridgehead atoms. The molecule has 0 radical (unpaired) electrons. The first-order valence-corrected chi connectivity index (χ1v) is 11.9. The smallest absolute Gasteiger partial charge is 0.261 e. The van der Waals surface area contributed by atoms with Gasteiger partial charge in [0.2, 0.25) is 0 Å². The van der Waals surface area contributed by atoms with Crippen LogP contribution in [0.3, 0.4) is 0 Å². The number of anilines is 1. The Balaban J connectivity index is 1.48. The molecular weight excluding hydrogens is 450 g/mol. The highest BCUT2D eigenvalue weighted by Gasteiger charge is 2.34. The molecule has 2 aliphatic rings. The maximum atomic E-state index is 13.0. The van der Waals surface area contributed by atoms with Crippen molar-refractivity contribution in [2.24, 2.45) is 0 Å². The maximum absolute atomic E-state index is 13.0. The van der Waals surface area contributed by atoms with Crippen molar-refractivity contribution in [1.82, 2.24) is 20.5 Å². The van der Waals surface area contributed by atoms with Crippen molar-refractivity contribution in [1.29, 1.82) is 0 Å². The van der Waals surface area contributed by atoms with Gasteiger partial charge in [0.25, 0.3) is 17.7 Å². The summed E-state index contributed by atoms with van der Waals surface area (Å²) in [5, 5.41) is 8.42. The summed E-state index contributed by atoms with van der Waals surface area (Å²) in [5.74, 6) is -0.950. The maximum Gasteiger partial charge on any atom is 0.261 e. The van der Waals surface area contributed by atoms with Crippen molar-refractivity contribution in [2.45, 2.75) is 0 Å². The second kappa shape index (κ2) is 7.82. The normalized spacial score (nSPS) is 15.6. The Morgan fingerprint density at radius 1 is 0.971 bits per heavy atom. The van der Waals surface area contributed by atoms with Crippen molar-refractivity contribution >= 4 is 45.6 Å². The molecule has 2 aromatic heterocycles. The first-order chi connectivity index (χ1) is 16.5. The van der Waals surface area contributed by atoms with Crippen LogP contribution in [0.25, 0.3) is 32.6 Å². The van der Waals surface area contributed by atoms with Crippen molar-refractivity contribution in [3.8, 4) is 21.7 Å². The number of thiophene rings is 1. The van der Waals surface area contributed by atoms with Gasteiger partial charge < -0.3 is 20.9 Å². The number of carbonyl (C=O) groups is 3. The molecule has 5 N–H and O–H groups in total. The molecule has 2 aliphatic heterocycles. The van der Waals surface area contributed by atoms with Gasteiger partial charge in [-0.05, 0) is 41.8 Å². The van der Waals surface area contributed by atoms with Gasteiger partial charge in [-0.1, -0.05) is 6.07 Å². The average molecular weight is 472 g/mol. The molecule has 2 aromatic carbocycles. The number of aromatic nitrogens is 1. The monoisotopic (exact) mass is 471 g/mol. The summed E-state index contributed by atoms with van der Waals surface area (Å²) in [6.45, 7) is 2.94. The number of nitrogen functional groups attached to an aromatic ring is 1. The lowest BCUT2D eigenvalue weighted by Crippen LogP contribution is -2.46. The number of piperazine rings is 1. The summed E-state index contributed by atoms with van der Waals surface area (Å²) in [7, 11) is 0. The van der Waals surface area contributed by atoms with Crippen LogP contribution in [0.15, 0.2) is 47.8 Å². The van der Waals surface area contributed by atoms with E-state index in [1.165, 1.54) is 11.3 Å². The zero-order chi connectivity index (χ0) is 23.4. The fraction of sp³-hybridized carbons (Fsp3) is 0.160. The van der Waals surface area contributed by atoms with E-state index in [9.17, 15) is 14.4 Å². The van der Waals surface area contributed by atoms with E-state index in [0.717, 1.165) is 28.9 Å². The minimum Gasteiger partial charge on any atom is -0.398 e. The number of nitrogens with two attached hydrogens (primary N) is 1. The van der Waals surface area contributed by atoms with Crippen molar-refractivity contribution in [2.75, 3.05) is 31.9 Å². The lowest BCUT2D eigenvalue weighted by atomic mass is 9.94. The molecule has 6 rings (SSSR count). The van der Waals surface area contributed by atoms with Gasteiger partial charge >= 0.3 is 0 Å². The number of rotatable bonds is 3. The molecule has 0 atom stereocenters. The van der Waals surface area contributed by atoms with Gasteiger partial charge in [0, 0.05) is 64.3 Å². The highest BCUT2D eigenvalue weighted by atomic mass is 32.1. The highest BCUT2D eigenvalue weighted by Crippen LogP contribution is 2.41. The molecule has 0 spiro atoms. The molecule has 0 unspecified atom stereocenters. The first-order valence-electron chi connectivity index (χ1n) is 11.0. The van der Waals surface area contributed by atoms with E-state index in [1.54, 1.807) is 0 Å². The van der Waals surface area contributed by atoms with Crippen LogP contribution in [0.5, 0.6) is 0 Å². The van der Waals surface area contributed by atoms with E-state index in [2.05, 4.69) is 15.6 Å². The van der Waals surface area contributed by atoms with E-state index >= 15 is 0 Å². The van der Waals surface area contributed by atoms with Gasteiger partial charge in [0.1, 0.15) is 0 Å². The molecule has 8 nitrogen and oxygen atoms in total. The molecule has 3 amide bonds. The summed E-state index contributed by atoms with van der Waals surface area (Å²) < 4.78 is 0. The Hall–Kier alpha value is -3.95. The number of fused-ring (bicyclic) bond motifs is 2. The van der Waals surface area contributed by atoms with E-state index < -0.39 is 11.8 Å². The van der Waals surface area contributed by atoms with Gasteiger partial charge in [-0.15, -0.1) is 11.3 Å². The number of imide groups is 1. The molecule has 0 saturated carbocycles. The molecule has 0 aliphatic carbocycles. The van der Waals surface area contributed by atoms with E-state index in [4.69, 9.17) is 5.73 Å². The lowest BCUT2D eigenvalue weighted by Gasteiger charge is -2.27. The fourth-order valence-electron chi connectivity index (χ4n) is 4.71. The number of aromatic amines is 1. The summed E-state index contributed by atoms with van der Waals surface area (Å²) >= 11 is 1.51. The number of nitrogens with one attached hydrogen (secondary N) is 3. The van der Waals surface area contributed by atoms with Crippen molar-refractivity contribution in [3.05, 3.63) is 64.5 Å². The second-order valence-electron chi connectivity index (χ2n) is 8.42. The van der Waals surface area contributed by atoms with Gasteiger partial charge in [0.15, 0.2) is 0 Å². The van der Waals surface area contributed by atoms with Crippen LogP contribution < -0.4 is 16.4 Å². The Morgan fingerprint density at radius 3 is 2.53 bits per heavy atom. The van der Waals surface area contributed by atoms with Crippen LogP contribution in [-0.2, 0) is 0 Å². The largest absolute Gasteiger partial charge is 0.398 e. The summed E-state index contributed by atoms with van der Waals surface area (Å²) in [4.78, 5) is 44.3. The molecule has 9 heteroatoms. The van der Waals surface area contributed by atoms with E-state index in [1.807, 2.05) is 52.7 Å². The topological polar surface area (TPSA) is 120 Å². The average Bonchev–Trinajstić information content (AvgIpc) is 3.58. The van der Waals surface area contributed by atoms with Crippen LogP contribution in [0.4, 0.5) is 5.69 Å². The Kier molecular flexibility index (Phi) is 4.75. The molecule has 1 fully saturated rings. The quantitative estimate of drug-likeness (QED) is 0.270. The molecule has 4 aromatic rings. The Labute approximate surface area is 198 Å². The first kappa shape index (κ1) is 20.6. The predicted octanol–water partition coefficient (Wildman–Crippen LogP) is 3.07. The number of amides is 3. The molecule has 1 saturated heterocycles. The van der Waals surface area contributed by atoms with E-state index in [-0.39, 0.29) is 17.0 Å². The third-order valence-electron chi connectivity index (χ3n) is 6.40. The number of carbonyl (C=O) groups excluding carboxylic acids is 3. The van der Waals surface area contributed by atoms with Crippen LogP contribution in [0, 0.1) is 0 Å². The molecule has 34 heavy (non-hydrogen) atoms. The van der Waals surface area contributed by atoms with Crippen LogP contribution in [0.1, 0.15) is 31.1 Å². The minimum absolute atomic E-state index is 0.00415. The van der Waals surface area contributed by atoms with Gasteiger partial charge in [-0.2, -0.15) is 0 Å². The van der Waals surface area contributed by atoms with Gasteiger partial charge in [0.05, 0.1) is 16.8 Å². The van der Waals surface area contributed by atoms with Crippen LogP contribution in [-0.4, -0.2) is 53.8 Å². The number of H-pyrrole nitrogens is 1. The molecular formula is C25H21N5O3S. The molecule has 170 valence electrons. The van der Waals surface area contributed by atoms with Crippen molar-refractivity contribution < 1.29 is 14.4 Å². The Morgan fingerprint density at radius 2 is 1.76 bits per heavy atom. The predicted molar refractivity (Wildman–Crippen MR) is 132 cm³/mol. The third-order valence-corrected chi connectivity index (χ3v) is 7.30. The van der Waals surface area contributed by atoms with Crippen LogP contribution in [0.2, 0.25) is 0 Å². The summed E-state index contributed by atoms with van der Waals surface area (Å²) in [6, 6.07) is 13.2. The van der Waals surface area contributed by atoms with Gasteiger partial charge in [-0.25, -0.2) is 0 Å². The summed E-state index contributed by atoms with van der Waals surface area (Å²) in [6.07, 6.45) is 0. The number of hydrogen-bond donors (Lipinski definition) is 4. The minimum atomic E-state index is -0.489. The highest BCUT2D eigenvalue weighted by molar-refractivity contribution is 7.13.